The molecule has 0 radical (unpaired) electrons. The average Bonchev–Trinajstić information content (AvgIpc) is 3.44. The molecule has 3 aromatic rings. The molecule has 1 fully saturated rings. The van der Waals surface area contributed by atoms with E-state index >= 15 is 0 Å². The second kappa shape index (κ2) is 11.5. The molecule has 186 valence electrons. The number of carbonyl (C=O) groups is 1. The zero-order valence-corrected chi connectivity index (χ0v) is 20.3. The Kier molecular flexibility index (Phi) is 7.99. The van der Waals surface area contributed by atoms with Crippen LogP contribution < -0.4 is 29.7 Å². The summed E-state index contributed by atoms with van der Waals surface area (Å²) in [6, 6.07) is 16.9. The van der Waals surface area contributed by atoms with Crippen LogP contribution in [0.25, 0.3) is 0 Å². The highest BCUT2D eigenvalue weighted by Crippen LogP contribution is 2.34. The summed E-state index contributed by atoms with van der Waals surface area (Å²) in [4.78, 5) is 17.4. The predicted molar refractivity (Wildman–Crippen MR) is 135 cm³/mol. The van der Waals surface area contributed by atoms with E-state index in [2.05, 4.69) is 32.6 Å². The molecule has 1 aliphatic heterocycles. The maximum atomic E-state index is 12.7. The molecule has 1 aliphatic rings. The molecule has 1 unspecified atom stereocenters. The van der Waals surface area contributed by atoms with Crippen LogP contribution in [0, 0.1) is 0 Å². The summed E-state index contributed by atoms with van der Waals surface area (Å²) >= 11 is 0. The zero-order valence-electron chi connectivity index (χ0n) is 20.3. The first-order chi connectivity index (χ1) is 17.1. The maximum absolute atomic E-state index is 12.7. The van der Waals surface area contributed by atoms with Crippen LogP contribution in [0.3, 0.4) is 0 Å². The van der Waals surface area contributed by atoms with Crippen LogP contribution in [0.2, 0.25) is 0 Å². The van der Waals surface area contributed by atoms with Crippen LogP contribution in [0.1, 0.15) is 11.8 Å². The lowest BCUT2D eigenvalue weighted by atomic mass is 10.1. The van der Waals surface area contributed by atoms with Crippen molar-refractivity contribution in [1.82, 2.24) is 10.2 Å². The Morgan fingerprint density at radius 2 is 1.71 bits per heavy atom. The second-order valence-electron chi connectivity index (χ2n) is 8.13. The van der Waals surface area contributed by atoms with Crippen LogP contribution in [-0.4, -0.2) is 65.0 Å². The van der Waals surface area contributed by atoms with Crippen molar-refractivity contribution >= 4 is 17.4 Å². The largest absolute Gasteiger partial charge is 0.497 e. The molecular weight excluding hydrogens is 448 g/mol. The smallest absolute Gasteiger partial charge is 0.319 e. The van der Waals surface area contributed by atoms with Gasteiger partial charge in [0.15, 0.2) is 11.5 Å². The van der Waals surface area contributed by atoms with Gasteiger partial charge in [0.1, 0.15) is 11.5 Å². The minimum atomic E-state index is -0.329. The minimum absolute atomic E-state index is 0.0824. The molecule has 2 amide bonds. The van der Waals surface area contributed by atoms with Crippen LogP contribution in [-0.2, 0) is 0 Å². The van der Waals surface area contributed by atoms with Crippen LogP contribution in [0.5, 0.6) is 17.2 Å². The van der Waals surface area contributed by atoms with E-state index in [1.165, 1.54) is 5.69 Å². The molecule has 1 aromatic heterocycles. The topological polar surface area (TPSA) is 88.4 Å². The Labute approximate surface area is 205 Å². The van der Waals surface area contributed by atoms with E-state index in [1.54, 1.807) is 45.8 Å². The summed E-state index contributed by atoms with van der Waals surface area (Å²) < 4.78 is 21.7. The fourth-order valence-corrected chi connectivity index (χ4v) is 4.32. The monoisotopic (exact) mass is 480 g/mol. The fraction of sp³-hybridized carbons (Fsp3) is 0.346. The van der Waals surface area contributed by atoms with Crippen LogP contribution in [0.4, 0.5) is 16.2 Å². The van der Waals surface area contributed by atoms with E-state index in [-0.39, 0.29) is 12.1 Å². The number of piperazine rings is 1. The van der Waals surface area contributed by atoms with Crippen molar-refractivity contribution in [3.8, 4) is 17.2 Å². The number of nitrogens with zero attached hydrogens (tertiary/aromatic N) is 2. The van der Waals surface area contributed by atoms with Gasteiger partial charge in [-0.3, -0.25) is 4.90 Å². The lowest BCUT2D eigenvalue weighted by Crippen LogP contribution is -2.50. The van der Waals surface area contributed by atoms with Gasteiger partial charge in [0, 0.05) is 38.4 Å². The van der Waals surface area contributed by atoms with E-state index in [0.717, 1.165) is 37.7 Å². The molecule has 1 saturated heterocycles. The molecule has 1 atom stereocenters. The Morgan fingerprint density at radius 3 is 2.34 bits per heavy atom. The van der Waals surface area contributed by atoms with Gasteiger partial charge in [0.05, 0.1) is 39.3 Å². The summed E-state index contributed by atoms with van der Waals surface area (Å²) in [6.07, 6.45) is 1.66. The number of amides is 2. The number of furan rings is 1. The number of hydrogen-bond acceptors (Lipinski definition) is 7. The van der Waals surface area contributed by atoms with Crippen molar-refractivity contribution in [2.75, 3.05) is 64.3 Å². The van der Waals surface area contributed by atoms with Gasteiger partial charge < -0.3 is 34.2 Å². The zero-order chi connectivity index (χ0) is 24.6. The Hall–Kier alpha value is -3.85. The third-order valence-electron chi connectivity index (χ3n) is 6.17. The van der Waals surface area contributed by atoms with Gasteiger partial charge in [-0.15, -0.1) is 0 Å². The highest BCUT2D eigenvalue weighted by molar-refractivity contribution is 5.91. The molecule has 2 aromatic carbocycles. The first-order valence-electron chi connectivity index (χ1n) is 11.5. The number of hydrogen-bond donors (Lipinski definition) is 2. The van der Waals surface area contributed by atoms with Gasteiger partial charge in [-0.1, -0.05) is 6.07 Å². The molecule has 2 heterocycles. The molecule has 0 bridgehead atoms. The quantitative estimate of drug-likeness (QED) is 0.479. The molecule has 0 aliphatic carbocycles. The van der Waals surface area contributed by atoms with Gasteiger partial charge in [0.25, 0.3) is 0 Å². The number of carbonyl (C=O) groups excluding carboxylic acids is 1. The number of methoxy groups -OCH3 is 3. The SMILES string of the molecule is COc1ccc(N2CCN(C(CNC(=O)Nc3cccc(OC)c3OC)c3ccco3)CC2)cc1. The summed E-state index contributed by atoms with van der Waals surface area (Å²) in [6.45, 7) is 3.82. The lowest BCUT2D eigenvalue weighted by molar-refractivity contribution is 0.162. The van der Waals surface area contributed by atoms with Gasteiger partial charge >= 0.3 is 6.03 Å². The van der Waals surface area contributed by atoms with Crippen LogP contribution >= 0.6 is 0 Å². The fourth-order valence-electron chi connectivity index (χ4n) is 4.32. The van der Waals surface area contributed by atoms with E-state index in [4.69, 9.17) is 18.6 Å². The van der Waals surface area contributed by atoms with Gasteiger partial charge in [-0.2, -0.15) is 0 Å². The van der Waals surface area contributed by atoms with E-state index < -0.39 is 0 Å². The lowest BCUT2D eigenvalue weighted by Gasteiger charge is -2.39. The molecule has 4 rings (SSSR count). The third-order valence-corrected chi connectivity index (χ3v) is 6.17. The number of rotatable bonds is 9. The van der Waals surface area contributed by atoms with Crippen molar-refractivity contribution < 1.29 is 23.4 Å². The van der Waals surface area contributed by atoms with E-state index in [9.17, 15) is 4.79 Å². The highest BCUT2D eigenvalue weighted by atomic mass is 16.5. The number of ether oxygens (including phenoxy) is 3. The standard InChI is InChI=1S/C26H32N4O5/c1-32-20-11-9-19(10-12-20)29-13-15-30(16-14-29)22(23-8-5-17-35-23)18-27-26(31)28-21-6-4-7-24(33-2)25(21)34-3/h4-12,17,22H,13-16,18H2,1-3H3,(H2,27,28,31). The molecule has 0 saturated carbocycles. The molecule has 0 spiro atoms. The maximum Gasteiger partial charge on any atom is 0.319 e. The van der Waals surface area contributed by atoms with Crippen molar-refractivity contribution in [3.63, 3.8) is 0 Å². The Morgan fingerprint density at radius 1 is 0.943 bits per heavy atom. The van der Waals surface area contributed by atoms with Crippen molar-refractivity contribution in [2.24, 2.45) is 0 Å². The first kappa shape index (κ1) is 24.3. The number of nitrogens with one attached hydrogen (secondary N) is 2. The number of benzene rings is 2. The summed E-state index contributed by atoms with van der Waals surface area (Å²) in [7, 11) is 4.77. The van der Waals surface area contributed by atoms with Gasteiger partial charge in [-0.05, 0) is 48.5 Å². The predicted octanol–water partition coefficient (Wildman–Crippen LogP) is 3.99. The summed E-state index contributed by atoms with van der Waals surface area (Å²) in [5.74, 6) is 2.69. The Bertz CT molecular complexity index is 1080. The molecular formula is C26H32N4O5. The molecule has 9 nitrogen and oxygen atoms in total. The molecule has 2 N–H and O–H groups in total. The average molecular weight is 481 g/mol. The summed E-state index contributed by atoms with van der Waals surface area (Å²) in [5.41, 5.74) is 1.71. The number of para-hydroxylation sites is 1. The van der Waals surface area contributed by atoms with Gasteiger partial charge in [0.2, 0.25) is 0 Å². The normalized spacial score (nSPS) is 14.8. The molecule has 35 heavy (non-hydrogen) atoms. The van der Waals surface area contributed by atoms with E-state index in [0.29, 0.717) is 23.7 Å². The van der Waals surface area contributed by atoms with Crippen molar-refractivity contribution in [3.05, 3.63) is 66.6 Å². The number of anilines is 2. The second-order valence-corrected chi connectivity index (χ2v) is 8.13. The molecule has 9 heteroatoms. The third kappa shape index (κ3) is 5.81. The number of urea groups is 1. The Balaban J connectivity index is 1.38. The van der Waals surface area contributed by atoms with Crippen molar-refractivity contribution in [2.45, 2.75) is 6.04 Å². The van der Waals surface area contributed by atoms with Crippen LogP contribution in [0.15, 0.2) is 65.3 Å². The van der Waals surface area contributed by atoms with Crippen molar-refractivity contribution in [1.29, 1.82) is 0 Å². The highest BCUT2D eigenvalue weighted by Gasteiger charge is 2.27. The van der Waals surface area contributed by atoms with E-state index in [1.807, 2.05) is 24.3 Å². The first-order valence-corrected chi connectivity index (χ1v) is 11.5. The minimum Gasteiger partial charge on any atom is -0.497 e. The summed E-state index contributed by atoms with van der Waals surface area (Å²) in [5, 5.41) is 5.84. The van der Waals surface area contributed by atoms with Gasteiger partial charge in [-0.25, -0.2) is 4.79 Å².